The third-order valence-corrected chi connectivity index (χ3v) is 5.33. The molecule has 0 bridgehead atoms. The van der Waals surface area contributed by atoms with E-state index < -0.39 is 0 Å². The fourth-order valence-corrected chi connectivity index (χ4v) is 3.86. The predicted molar refractivity (Wildman–Crippen MR) is 108 cm³/mol. The van der Waals surface area contributed by atoms with Crippen LogP contribution in [-0.4, -0.2) is 34.7 Å². The molecule has 1 fully saturated rings. The predicted octanol–water partition coefficient (Wildman–Crippen LogP) is 4.24. The molecule has 0 aliphatic heterocycles. The van der Waals surface area contributed by atoms with Gasteiger partial charge in [-0.2, -0.15) is 0 Å². The van der Waals surface area contributed by atoms with Gasteiger partial charge in [0.2, 0.25) is 11.8 Å². The van der Waals surface area contributed by atoms with Crippen molar-refractivity contribution in [2.75, 3.05) is 13.1 Å². The van der Waals surface area contributed by atoms with Gasteiger partial charge in [-0.05, 0) is 37.0 Å². The molecule has 0 radical (unpaired) electrons. The van der Waals surface area contributed by atoms with Crippen molar-refractivity contribution in [2.45, 2.75) is 52.1 Å². The van der Waals surface area contributed by atoms with E-state index in [0.29, 0.717) is 19.6 Å². The molecular weight excluding hydrogens is 352 g/mol. The smallest absolute Gasteiger partial charge is 0.242 e. The molecule has 1 aromatic heterocycles. The number of carbonyl (C=O) groups excluding carboxylic acids is 2. The molecule has 0 atom stereocenters. The molecule has 1 aromatic carbocycles. The van der Waals surface area contributed by atoms with E-state index in [4.69, 9.17) is 4.42 Å². The lowest BCUT2D eigenvalue weighted by Gasteiger charge is -2.29. The van der Waals surface area contributed by atoms with E-state index in [1.807, 2.05) is 49.4 Å². The average Bonchev–Trinajstić information content (AvgIpc) is 3.41. The average molecular weight is 383 g/mol. The molecule has 5 heteroatoms. The Bertz CT molecular complexity index is 736. The number of hydrogen-bond acceptors (Lipinski definition) is 3. The lowest BCUT2D eigenvalue weighted by Crippen LogP contribution is -2.44. The monoisotopic (exact) mass is 382 g/mol. The molecule has 2 aromatic rings. The van der Waals surface area contributed by atoms with Gasteiger partial charge in [-0.1, -0.05) is 50.1 Å². The summed E-state index contributed by atoms with van der Waals surface area (Å²) in [5.74, 6) is 0.936. The van der Waals surface area contributed by atoms with Crippen molar-refractivity contribution in [3.05, 3.63) is 60.1 Å². The lowest BCUT2D eigenvalue weighted by atomic mass is 10.1. The SMILES string of the molecule is CCCN(CC(=O)N(Cc1ccccc1)Cc1ccco1)C(=O)C1CCCC1. The van der Waals surface area contributed by atoms with Crippen LogP contribution in [0.25, 0.3) is 0 Å². The van der Waals surface area contributed by atoms with Crippen LogP contribution >= 0.6 is 0 Å². The van der Waals surface area contributed by atoms with E-state index in [0.717, 1.165) is 43.4 Å². The van der Waals surface area contributed by atoms with Crippen molar-refractivity contribution in [1.29, 1.82) is 0 Å². The maximum Gasteiger partial charge on any atom is 0.242 e. The van der Waals surface area contributed by atoms with Gasteiger partial charge < -0.3 is 14.2 Å². The molecule has 1 heterocycles. The van der Waals surface area contributed by atoms with Gasteiger partial charge in [-0.15, -0.1) is 0 Å². The molecule has 1 aliphatic rings. The Labute approximate surface area is 167 Å². The van der Waals surface area contributed by atoms with Crippen molar-refractivity contribution < 1.29 is 14.0 Å². The largest absolute Gasteiger partial charge is 0.467 e. The Kier molecular flexibility index (Phi) is 7.29. The fourth-order valence-electron chi connectivity index (χ4n) is 3.86. The van der Waals surface area contributed by atoms with Crippen LogP contribution in [0.15, 0.2) is 53.1 Å². The van der Waals surface area contributed by atoms with Crippen molar-refractivity contribution in [2.24, 2.45) is 5.92 Å². The topological polar surface area (TPSA) is 53.8 Å². The zero-order valence-electron chi connectivity index (χ0n) is 16.7. The highest BCUT2D eigenvalue weighted by Crippen LogP contribution is 2.26. The van der Waals surface area contributed by atoms with Crippen LogP contribution < -0.4 is 0 Å². The minimum absolute atomic E-state index is 0.0416. The number of nitrogens with zero attached hydrogens (tertiary/aromatic N) is 2. The van der Waals surface area contributed by atoms with Gasteiger partial charge in [0.25, 0.3) is 0 Å². The van der Waals surface area contributed by atoms with Crippen LogP contribution in [0.4, 0.5) is 0 Å². The number of amides is 2. The highest BCUT2D eigenvalue weighted by Gasteiger charge is 2.29. The summed E-state index contributed by atoms with van der Waals surface area (Å²) >= 11 is 0. The number of hydrogen-bond donors (Lipinski definition) is 0. The van der Waals surface area contributed by atoms with Crippen LogP contribution in [0.2, 0.25) is 0 Å². The summed E-state index contributed by atoms with van der Waals surface area (Å²) in [6.45, 7) is 3.71. The molecule has 0 saturated heterocycles. The first-order chi connectivity index (χ1) is 13.7. The second-order valence-corrected chi connectivity index (χ2v) is 7.56. The maximum atomic E-state index is 13.2. The summed E-state index contributed by atoms with van der Waals surface area (Å²) in [4.78, 5) is 29.6. The maximum absolute atomic E-state index is 13.2. The van der Waals surface area contributed by atoms with Crippen molar-refractivity contribution in [1.82, 2.24) is 9.80 Å². The molecule has 0 spiro atoms. The molecule has 5 nitrogen and oxygen atoms in total. The van der Waals surface area contributed by atoms with E-state index in [-0.39, 0.29) is 24.3 Å². The second kappa shape index (κ2) is 10.1. The van der Waals surface area contributed by atoms with Gasteiger partial charge in [-0.25, -0.2) is 0 Å². The summed E-state index contributed by atoms with van der Waals surface area (Å²) in [5.41, 5.74) is 1.06. The first kappa shape index (κ1) is 20.2. The van der Waals surface area contributed by atoms with Crippen molar-refractivity contribution in [3.63, 3.8) is 0 Å². The number of carbonyl (C=O) groups is 2. The third-order valence-electron chi connectivity index (χ3n) is 5.33. The van der Waals surface area contributed by atoms with Gasteiger partial charge in [0.15, 0.2) is 0 Å². The zero-order chi connectivity index (χ0) is 19.8. The second-order valence-electron chi connectivity index (χ2n) is 7.56. The van der Waals surface area contributed by atoms with Crippen LogP contribution in [-0.2, 0) is 22.7 Å². The quantitative estimate of drug-likeness (QED) is 0.652. The molecule has 0 unspecified atom stereocenters. The van der Waals surface area contributed by atoms with Gasteiger partial charge in [0.05, 0.1) is 19.4 Å². The Hall–Kier alpha value is -2.56. The highest BCUT2D eigenvalue weighted by molar-refractivity contribution is 5.86. The minimum Gasteiger partial charge on any atom is -0.467 e. The van der Waals surface area contributed by atoms with Gasteiger partial charge >= 0.3 is 0 Å². The number of rotatable bonds is 9. The summed E-state index contributed by atoms with van der Waals surface area (Å²) in [6.07, 6.45) is 6.60. The van der Waals surface area contributed by atoms with Crippen LogP contribution in [0.3, 0.4) is 0 Å². The number of benzene rings is 1. The molecule has 28 heavy (non-hydrogen) atoms. The summed E-state index contributed by atoms with van der Waals surface area (Å²) in [6, 6.07) is 13.6. The zero-order valence-corrected chi connectivity index (χ0v) is 16.7. The van der Waals surface area contributed by atoms with E-state index in [1.54, 1.807) is 16.1 Å². The van der Waals surface area contributed by atoms with Gasteiger partial charge in [-0.3, -0.25) is 9.59 Å². The van der Waals surface area contributed by atoms with Crippen molar-refractivity contribution >= 4 is 11.8 Å². The number of furan rings is 1. The Morgan fingerprint density at radius 3 is 2.39 bits per heavy atom. The van der Waals surface area contributed by atoms with Crippen molar-refractivity contribution in [3.8, 4) is 0 Å². The fraction of sp³-hybridized carbons (Fsp3) is 0.478. The molecule has 0 N–H and O–H groups in total. The van der Waals surface area contributed by atoms with Crippen LogP contribution in [0.5, 0.6) is 0 Å². The standard InChI is InChI=1S/C23H30N2O3/c1-2-14-24(23(27)20-11-6-7-12-20)18-22(26)25(17-21-13-8-15-28-21)16-19-9-4-3-5-10-19/h3-5,8-10,13,15,20H,2,6-7,11-12,14,16-18H2,1H3. The summed E-state index contributed by atoms with van der Waals surface area (Å²) < 4.78 is 5.46. The van der Waals surface area contributed by atoms with Crippen LogP contribution in [0.1, 0.15) is 50.4 Å². The molecule has 1 aliphatic carbocycles. The first-order valence-electron chi connectivity index (χ1n) is 10.3. The molecular formula is C23H30N2O3. The van der Waals surface area contributed by atoms with Gasteiger partial charge in [0, 0.05) is 19.0 Å². The molecule has 150 valence electrons. The Morgan fingerprint density at radius 2 is 1.75 bits per heavy atom. The Morgan fingerprint density at radius 1 is 1.00 bits per heavy atom. The molecule has 2 amide bonds. The van der Waals surface area contributed by atoms with E-state index in [2.05, 4.69) is 0 Å². The van der Waals surface area contributed by atoms with E-state index in [9.17, 15) is 9.59 Å². The van der Waals surface area contributed by atoms with E-state index in [1.165, 1.54) is 0 Å². The first-order valence-corrected chi connectivity index (χ1v) is 10.3. The Balaban J connectivity index is 1.71. The molecule has 3 rings (SSSR count). The normalized spacial score (nSPS) is 14.2. The third kappa shape index (κ3) is 5.47. The lowest BCUT2D eigenvalue weighted by molar-refractivity contribution is -0.143. The summed E-state index contributed by atoms with van der Waals surface area (Å²) in [5, 5.41) is 0. The minimum atomic E-state index is -0.0416. The highest BCUT2D eigenvalue weighted by atomic mass is 16.3. The van der Waals surface area contributed by atoms with E-state index >= 15 is 0 Å². The molecule has 1 saturated carbocycles. The van der Waals surface area contributed by atoms with Crippen LogP contribution in [0, 0.1) is 5.92 Å². The summed E-state index contributed by atoms with van der Waals surface area (Å²) in [7, 11) is 0. The van der Waals surface area contributed by atoms with Gasteiger partial charge in [0.1, 0.15) is 5.76 Å².